The van der Waals surface area contributed by atoms with Crippen LogP contribution in [0.4, 0.5) is 18.9 Å². The number of alkyl halides is 3. The smallest absolute Gasteiger partial charge is 0.331 e. The second kappa shape index (κ2) is 6.77. The molecule has 0 spiro atoms. The molecule has 0 N–H and O–H groups in total. The van der Waals surface area contributed by atoms with Crippen molar-refractivity contribution in [2.24, 2.45) is 9.81 Å². The van der Waals surface area contributed by atoms with Gasteiger partial charge in [0.25, 0.3) is 0 Å². The van der Waals surface area contributed by atoms with Gasteiger partial charge >= 0.3 is 15.5 Å². The Labute approximate surface area is 162 Å². The maximum absolute atomic E-state index is 13.0. The first-order valence-corrected chi connectivity index (χ1v) is 9.91. The lowest BCUT2D eigenvalue weighted by Gasteiger charge is -2.29. The first-order valence-electron chi connectivity index (χ1n) is 8.47. The molecule has 148 valence electrons. The molecule has 4 nitrogen and oxygen atoms in total. The predicted molar refractivity (Wildman–Crippen MR) is 105 cm³/mol. The minimum absolute atomic E-state index is 0.205. The lowest BCUT2D eigenvalue weighted by Crippen LogP contribution is -2.39. The molecule has 0 radical (unpaired) electrons. The van der Waals surface area contributed by atoms with Crippen molar-refractivity contribution >= 4 is 27.1 Å². The van der Waals surface area contributed by atoms with Gasteiger partial charge in [0.1, 0.15) is 5.84 Å². The highest BCUT2D eigenvalue weighted by atomic mass is 32.2. The number of fused-ring (bicyclic) bond motifs is 1. The maximum Gasteiger partial charge on any atom is 0.518 e. The molecule has 0 atom stereocenters. The Morgan fingerprint density at radius 3 is 2.14 bits per heavy atom. The third-order valence-corrected chi connectivity index (χ3v) is 5.54. The minimum atomic E-state index is -5.69. The van der Waals surface area contributed by atoms with E-state index in [1.165, 1.54) is 11.9 Å². The summed E-state index contributed by atoms with van der Waals surface area (Å²) in [7, 11) is -4.16. The van der Waals surface area contributed by atoms with Crippen LogP contribution in [0, 0.1) is 5.41 Å². The van der Waals surface area contributed by atoms with Crippen LogP contribution in [-0.4, -0.2) is 26.8 Å². The van der Waals surface area contributed by atoms with E-state index in [1.807, 2.05) is 42.5 Å². The Bertz CT molecular complexity index is 1060. The molecule has 1 aliphatic heterocycles. The van der Waals surface area contributed by atoms with Crippen LogP contribution in [0.15, 0.2) is 65.1 Å². The Morgan fingerprint density at radius 1 is 0.964 bits per heavy atom. The van der Waals surface area contributed by atoms with Crippen molar-refractivity contribution in [1.82, 2.24) is 0 Å². The lowest BCUT2D eigenvalue weighted by atomic mass is 9.86. The Morgan fingerprint density at radius 2 is 1.54 bits per heavy atom. The molecule has 0 aromatic heterocycles. The standard InChI is InChI=1S/C20H19F3N2O2S/c1-19(2)13-16(14-9-5-4-6-10-14)15-11-7-8-12-17(15)25(3)18(19)24-28(26,27)20(21,22)23/h4-13H,1-3H3/b24-18-. The van der Waals surface area contributed by atoms with E-state index in [1.54, 1.807) is 32.1 Å². The van der Waals surface area contributed by atoms with Crippen LogP contribution >= 0.6 is 0 Å². The van der Waals surface area contributed by atoms with Crippen LogP contribution in [0.25, 0.3) is 5.57 Å². The van der Waals surface area contributed by atoms with Gasteiger partial charge < -0.3 is 4.90 Å². The Balaban J connectivity index is 2.32. The molecule has 0 unspecified atom stereocenters. The van der Waals surface area contributed by atoms with Crippen molar-refractivity contribution in [3.05, 3.63) is 71.8 Å². The normalized spacial score (nSPS) is 18.4. The van der Waals surface area contributed by atoms with Gasteiger partial charge in [-0.2, -0.15) is 21.6 Å². The van der Waals surface area contributed by atoms with Gasteiger partial charge in [-0.25, -0.2) is 0 Å². The van der Waals surface area contributed by atoms with Gasteiger partial charge in [-0.15, -0.1) is 4.40 Å². The van der Waals surface area contributed by atoms with Crippen molar-refractivity contribution in [3.8, 4) is 0 Å². The monoisotopic (exact) mass is 408 g/mol. The molecule has 28 heavy (non-hydrogen) atoms. The van der Waals surface area contributed by atoms with Crippen molar-refractivity contribution < 1.29 is 21.6 Å². The van der Waals surface area contributed by atoms with Crippen molar-refractivity contribution in [2.75, 3.05) is 11.9 Å². The number of hydrogen-bond acceptors (Lipinski definition) is 2. The molecule has 2 aromatic carbocycles. The number of hydrogen-bond donors (Lipinski definition) is 0. The second-order valence-electron chi connectivity index (χ2n) is 7.06. The van der Waals surface area contributed by atoms with Gasteiger partial charge in [-0.05, 0) is 31.1 Å². The van der Waals surface area contributed by atoms with Gasteiger partial charge in [0.2, 0.25) is 0 Å². The molecular formula is C20H19F3N2O2S. The average molecular weight is 408 g/mol. The number of amidine groups is 1. The molecule has 0 saturated heterocycles. The maximum atomic E-state index is 13.0. The SMILES string of the molecule is CN1/C(=N\S(=O)(=O)C(F)(F)F)C(C)(C)C=C(c2ccccc2)c2ccccc21. The van der Waals surface area contributed by atoms with E-state index in [-0.39, 0.29) is 5.84 Å². The molecule has 8 heteroatoms. The summed E-state index contributed by atoms with van der Waals surface area (Å²) in [6, 6.07) is 16.5. The summed E-state index contributed by atoms with van der Waals surface area (Å²) in [5.41, 5.74) is -3.54. The minimum Gasteiger partial charge on any atom is -0.331 e. The Kier molecular flexibility index (Phi) is 4.87. The summed E-state index contributed by atoms with van der Waals surface area (Å²) in [6.07, 6.45) is 1.76. The van der Waals surface area contributed by atoms with Crippen LogP contribution in [0.1, 0.15) is 25.0 Å². The quantitative estimate of drug-likeness (QED) is 0.714. The van der Waals surface area contributed by atoms with E-state index in [4.69, 9.17) is 0 Å². The molecule has 0 fully saturated rings. The summed E-state index contributed by atoms with van der Waals surface area (Å²) in [5, 5.41) is 0. The van der Waals surface area contributed by atoms with Gasteiger partial charge in [-0.1, -0.05) is 54.6 Å². The number of benzene rings is 2. The zero-order chi connectivity index (χ0) is 20.7. The van der Waals surface area contributed by atoms with E-state index in [9.17, 15) is 21.6 Å². The zero-order valence-electron chi connectivity index (χ0n) is 15.5. The molecule has 2 aromatic rings. The Hall–Kier alpha value is -2.61. The van der Waals surface area contributed by atoms with Crippen molar-refractivity contribution in [2.45, 2.75) is 19.4 Å². The highest BCUT2D eigenvalue weighted by molar-refractivity contribution is 7.91. The number of anilines is 1. The second-order valence-corrected chi connectivity index (χ2v) is 8.65. The van der Waals surface area contributed by atoms with Gasteiger partial charge in [0.15, 0.2) is 0 Å². The fraction of sp³-hybridized carbons (Fsp3) is 0.250. The van der Waals surface area contributed by atoms with Crippen molar-refractivity contribution in [3.63, 3.8) is 0 Å². The van der Waals surface area contributed by atoms with Gasteiger partial charge in [0, 0.05) is 23.7 Å². The number of sulfonamides is 1. The fourth-order valence-corrected chi connectivity index (χ4v) is 3.93. The molecule has 1 aliphatic rings. The molecule has 3 rings (SSSR count). The number of para-hydroxylation sites is 1. The zero-order valence-corrected chi connectivity index (χ0v) is 16.3. The first-order chi connectivity index (χ1) is 12.9. The van der Waals surface area contributed by atoms with E-state index in [0.717, 1.165) is 16.7 Å². The summed E-state index contributed by atoms with van der Waals surface area (Å²) >= 11 is 0. The van der Waals surface area contributed by atoms with Crippen LogP contribution in [-0.2, 0) is 10.0 Å². The highest BCUT2D eigenvalue weighted by Gasteiger charge is 2.48. The predicted octanol–water partition coefficient (Wildman–Crippen LogP) is 4.84. The number of nitrogens with zero attached hydrogens (tertiary/aromatic N) is 2. The van der Waals surface area contributed by atoms with Crippen LogP contribution < -0.4 is 4.90 Å². The summed E-state index contributed by atoms with van der Waals surface area (Å²) in [5.74, 6) is -0.205. The summed E-state index contributed by atoms with van der Waals surface area (Å²) < 4.78 is 65.7. The van der Waals surface area contributed by atoms with Gasteiger partial charge in [0.05, 0.1) is 0 Å². The van der Waals surface area contributed by atoms with Crippen molar-refractivity contribution in [1.29, 1.82) is 0 Å². The van der Waals surface area contributed by atoms with Gasteiger partial charge in [-0.3, -0.25) is 0 Å². The summed E-state index contributed by atoms with van der Waals surface area (Å²) in [4.78, 5) is 1.41. The number of halogens is 3. The van der Waals surface area contributed by atoms with E-state index >= 15 is 0 Å². The van der Waals surface area contributed by atoms with E-state index < -0.39 is 20.9 Å². The third-order valence-electron chi connectivity index (χ3n) is 4.54. The largest absolute Gasteiger partial charge is 0.518 e. The molecule has 0 amide bonds. The topological polar surface area (TPSA) is 49.7 Å². The first kappa shape index (κ1) is 20.1. The molecule has 0 saturated carbocycles. The molecule has 0 bridgehead atoms. The lowest BCUT2D eigenvalue weighted by molar-refractivity contribution is -0.0435. The summed E-state index contributed by atoms with van der Waals surface area (Å²) in [6.45, 7) is 3.28. The van der Waals surface area contributed by atoms with Crippen LogP contribution in [0.3, 0.4) is 0 Å². The molecule has 0 aliphatic carbocycles. The highest BCUT2D eigenvalue weighted by Crippen LogP contribution is 2.41. The number of rotatable bonds is 2. The van der Waals surface area contributed by atoms with E-state index in [2.05, 4.69) is 4.40 Å². The molecule has 1 heterocycles. The average Bonchev–Trinajstić information content (AvgIpc) is 2.70. The molecular weight excluding hydrogens is 389 g/mol. The van der Waals surface area contributed by atoms with Crippen LogP contribution in [0.5, 0.6) is 0 Å². The van der Waals surface area contributed by atoms with E-state index in [0.29, 0.717) is 5.69 Å². The third kappa shape index (κ3) is 3.56. The fourth-order valence-electron chi connectivity index (χ4n) is 3.24. The van der Waals surface area contributed by atoms with Crippen LogP contribution in [0.2, 0.25) is 0 Å².